The fourth-order valence-corrected chi connectivity index (χ4v) is 2.04. The lowest BCUT2D eigenvalue weighted by atomic mass is 9.87. The smallest absolute Gasteiger partial charge is 0.202 e. The minimum absolute atomic E-state index is 0.00500. The van der Waals surface area contributed by atoms with Crippen LogP contribution in [0.5, 0.6) is 0 Å². The third-order valence-corrected chi connectivity index (χ3v) is 3.34. The maximum absolute atomic E-state index is 6.20. The van der Waals surface area contributed by atoms with Gasteiger partial charge in [-0.25, -0.2) is 4.99 Å². The third kappa shape index (κ3) is 2.56. The number of nitrogens with two attached hydrogens (primary N) is 1. The van der Waals surface area contributed by atoms with Gasteiger partial charge in [0.05, 0.1) is 12.1 Å². The molecular formula is C15H22N2O. The lowest BCUT2D eigenvalue weighted by Gasteiger charge is -2.27. The first-order chi connectivity index (χ1) is 8.39. The van der Waals surface area contributed by atoms with Crippen LogP contribution in [-0.4, -0.2) is 18.0 Å². The lowest BCUT2D eigenvalue weighted by Crippen LogP contribution is -2.42. The summed E-state index contributed by atoms with van der Waals surface area (Å²) in [7, 11) is 0. The second-order valence-electron chi connectivity index (χ2n) is 6.00. The third-order valence-electron chi connectivity index (χ3n) is 3.34. The molecule has 1 aromatic carbocycles. The maximum Gasteiger partial charge on any atom is 0.202 e. The van der Waals surface area contributed by atoms with E-state index in [-0.39, 0.29) is 23.6 Å². The van der Waals surface area contributed by atoms with Gasteiger partial charge in [-0.05, 0) is 17.9 Å². The van der Waals surface area contributed by atoms with Crippen molar-refractivity contribution in [2.45, 2.75) is 45.9 Å². The zero-order valence-electron chi connectivity index (χ0n) is 11.6. The molecule has 0 spiro atoms. The van der Waals surface area contributed by atoms with Gasteiger partial charge in [0.15, 0.2) is 0 Å². The Hall–Kier alpha value is -1.35. The summed E-state index contributed by atoms with van der Waals surface area (Å²) < 4.78 is 5.97. The van der Waals surface area contributed by atoms with Crippen molar-refractivity contribution in [1.29, 1.82) is 0 Å². The molecule has 3 atom stereocenters. The van der Waals surface area contributed by atoms with Gasteiger partial charge < -0.3 is 10.5 Å². The molecule has 1 aliphatic rings. The zero-order valence-corrected chi connectivity index (χ0v) is 11.6. The van der Waals surface area contributed by atoms with E-state index >= 15 is 0 Å². The molecule has 0 saturated heterocycles. The van der Waals surface area contributed by atoms with Gasteiger partial charge in [-0.1, -0.05) is 51.1 Å². The highest BCUT2D eigenvalue weighted by molar-refractivity contribution is 5.84. The molecule has 3 heteroatoms. The average Bonchev–Trinajstić information content (AvgIpc) is 2.70. The minimum atomic E-state index is -0.159. The molecule has 0 amide bonds. The SMILES string of the molecule is C[C@@H]1N=C([C@@H](N)C(C)(C)C)O[C@H]1c1ccccc1. The maximum atomic E-state index is 6.20. The molecule has 1 aromatic rings. The monoisotopic (exact) mass is 246 g/mol. The fourth-order valence-electron chi connectivity index (χ4n) is 2.04. The van der Waals surface area contributed by atoms with E-state index in [1.165, 1.54) is 0 Å². The summed E-state index contributed by atoms with van der Waals surface area (Å²) >= 11 is 0. The van der Waals surface area contributed by atoms with Gasteiger partial charge in [0.25, 0.3) is 0 Å². The van der Waals surface area contributed by atoms with E-state index < -0.39 is 0 Å². The first kappa shape index (κ1) is 13.1. The summed E-state index contributed by atoms with van der Waals surface area (Å²) in [5, 5.41) is 0. The number of benzene rings is 1. The molecule has 18 heavy (non-hydrogen) atoms. The Morgan fingerprint density at radius 2 is 1.83 bits per heavy atom. The van der Waals surface area contributed by atoms with Crippen LogP contribution < -0.4 is 5.73 Å². The summed E-state index contributed by atoms with van der Waals surface area (Å²) in [4.78, 5) is 4.58. The standard InChI is InChI=1S/C15H22N2O/c1-10-12(11-8-6-5-7-9-11)18-14(17-10)13(16)15(2,3)4/h5-10,12-13H,16H2,1-4H3/t10-,12+,13+/m0/s1. The topological polar surface area (TPSA) is 47.6 Å². The van der Waals surface area contributed by atoms with Gasteiger partial charge in [-0.3, -0.25) is 0 Å². The van der Waals surface area contributed by atoms with Crippen LogP contribution in [0.2, 0.25) is 0 Å². The Kier molecular flexibility index (Phi) is 3.44. The molecular weight excluding hydrogens is 224 g/mol. The highest BCUT2D eigenvalue weighted by atomic mass is 16.5. The number of nitrogens with zero attached hydrogens (tertiary/aromatic N) is 1. The highest BCUT2D eigenvalue weighted by Gasteiger charge is 2.35. The van der Waals surface area contributed by atoms with Crippen LogP contribution in [0.3, 0.4) is 0 Å². The quantitative estimate of drug-likeness (QED) is 0.872. The number of rotatable bonds is 2. The molecule has 0 aliphatic carbocycles. The van der Waals surface area contributed by atoms with Gasteiger partial charge in [-0.15, -0.1) is 0 Å². The average molecular weight is 246 g/mol. The number of hydrogen-bond donors (Lipinski definition) is 1. The van der Waals surface area contributed by atoms with Crippen LogP contribution in [0, 0.1) is 5.41 Å². The molecule has 0 aromatic heterocycles. The molecule has 0 radical (unpaired) electrons. The van der Waals surface area contributed by atoms with Crippen LogP contribution >= 0.6 is 0 Å². The van der Waals surface area contributed by atoms with Crippen molar-refractivity contribution in [3.63, 3.8) is 0 Å². The predicted octanol–water partition coefficient (Wildman–Crippen LogP) is 2.92. The summed E-state index contributed by atoms with van der Waals surface area (Å²) in [6.07, 6.45) is -0.00500. The summed E-state index contributed by atoms with van der Waals surface area (Å²) in [5.41, 5.74) is 7.32. The lowest BCUT2D eigenvalue weighted by molar-refractivity contribution is 0.184. The molecule has 0 bridgehead atoms. The molecule has 0 unspecified atom stereocenters. The van der Waals surface area contributed by atoms with E-state index in [2.05, 4.69) is 44.8 Å². The van der Waals surface area contributed by atoms with Gasteiger partial charge in [0, 0.05) is 0 Å². The molecule has 1 heterocycles. The van der Waals surface area contributed by atoms with Gasteiger partial charge in [-0.2, -0.15) is 0 Å². The molecule has 98 valence electrons. The number of ether oxygens (including phenoxy) is 1. The van der Waals surface area contributed by atoms with Gasteiger partial charge in [0.2, 0.25) is 5.90 Å². The van der Waals surface area contributed by atoms with Gasteiger partial charge >= 0.3 is 0 Å². The Balaban J connectivity index is 2.15. The summed E-state index contributed by atoms with van der Waals surface area (Å²) in [6, 6.07) is 10.2. The Morgan fingerprint density at radius 1 is 1.22 bits per heavy atom. The van der Waals surface area contributed by atoms with E-state index in [4.69, 9.17) is 10.5 Å². The predicted molar refractivity (Wildman–Crippen MR) is 74.6 cm³/mol. The zero-order chi connectivity index (χ0) is 13.3. The second-order valence-corrected chi connectivity index (χ2v) is 6.00. The molecule has 2 rings (SSSR count). The second kappa shape index (κ2) is 4.73. The van der Waals surface area contributed by atoms with E-state index in [9.17, 15) is 0 Å². The molecule has 0 saturated carbocycles. The highest BCUT2D eigenvalue weighted by Crippen LogP contribution is 2.32. The summed E-state index contributed by atoms with van der Waals surface area (Å²) in [6.45, 7) is 8.37. The van der Waals surface area contributed by atoms with Crippen LogP contribution in [0.4, 0.5) is 0 Å². The molecule has 3 nitrogen and oxygen atoms in total. The fraction of sp³-hybridized carbons (Fsp3) is 0.533. The molecule has 0 fully saturated rings. The van der Waals surface area contributed by atoms with Crippen molar-refractivity contribution in [3.8, 4) is 0 Å². The van der Waals surface area contributed by atoms with E-state index in [0.717, 1.165) is 5.56 Å². The van der Waals surface area contributed by atoms with Crippen molar-refractivity contribution in [2.75, 3.05) is 0 Å². The largest absolute Gasteiger partial charge is 0.469 e. The van der Waals surface area contributed by atoms with Crippen LogP contribution in [0.1, 0.15) is 39.4 Å². The van der Waals surface area contributed by atoms with Crippen LogP contribution in [0.25, 0.3) is 0 Å². The molecule has 2 N–H and O–H groups in total. The Labute approximate surface area is 109 Å². The van der Waals surface area contributed by atoms with Crippen LogP contribution in [-0.2, 0) is 4.74 Å². The molecule has 1 aliphatic heterocycles. The minimum Gasteiger partial charge on any atom is -0.469 e. The Morgan fingerprint density at radius 3 is 2.39 bits per heavy atom. The van der Waals surface area contributed by atoms with Crippen molar-refractivity contribution >= 4 is 5.90 Å². The van der Waals surface area contributed by atoms with E-state index in [1.807, 2.05) is 18.2 Å². The first-order valence-corrected chi connectivity index (χ1v) is 6.44. The van der Waals surface area contributed by atoms with Crippen LogP contribution in [0.15, 0.2) is 35.3 Å². The first-order valence-electron chi connectivity index (χ1n) is 6.44. The van der Waals surface area contributed by atoms with Crippen molar-refractivity contribution < 1.29 is 4.74 Å². The number of aliphatic imine (C=N–C) groups is 1. The van der Waals surface area contributed by atoms with Crippen molar-refractivity contribution in [2.24, 2.45) is 16.1 Å². The normalized spacial score (nSPS) is 25.5. The Bertz CT molecular complexity index is 434. The van der Waals surface area contributed by atoms with E-state index in [1.54, 1.807) is 0 Å². The van der Waals surface area contributed by atoms with Crippen molar-refractivity contribution in [3.05, 3.63) is 35.9 Å². The van der Waals surface area contributed by atoms with Crippen molar-refractivity contribution in [1.82, 2.24) is 0 Å². The number of hydrogen-bond acceptors (Lipinski definition) is 3. The van der Waals surface area contributed by atoms with E-state index in [0.29, 0.717) is 5.90 Å². The van der Waals surface area contributed by atoms with Gasteiger partial charge in [0.1, 0.15) is 6.10 Å². The summed E-state index contributed by atoms with van der Waals surface area (Å²) in [5.74, 6) is 0.684.